The summed E-state index contributed by atoms with van der Waals surface area (Å²) in [7, 11) is 0. The van der Waals surface area contributed by atoms with Gasteiger partial charge in [0.2, 0.25) is 0 Å². The van der Waals surface area contributed by atoms with Crippen LogP contribution in [0.2, 0.25) is 0 Å². The van der Waals surface area contributed by atoms with Crippen LogP contribution < -0.4 is 16.0 Å². The number of amides is 1. The molecule has 1 aliphatic rings. The van der Waals surface area contributed by atoms with Crippen molar-refractivity contribution in [1.29, 1.82) is 0 Å². The SMILES string of the molecule is CCCCOc1c(CN(CC2c3ccccc3-c3ccccc32)C(=O)O)n(CC(C)C)c(=O)c2ccc(C(N)=S)cc12. The molecule has 1 heterocycles. The maximum atomic E-state index is 13.9. The van der Waals surface area contributed by atoms with E-state index in [1.54, 1.807) is 22.8 Å². The molecule has 0 aliphatic heterocycles. The van der Waals surface area contributed by atoms with Crippen molar-refractivity contribution in [3.8, 4) is 16.9 Å². The molecule has 3 aromatic carbocycles. The van der Waals surface area contributed by atoms with Crippen molar-refractivity contribution in [1.82, 2.24) is 9.47 Å². The Morgan fingerprint density at radius 1 is 1.05 bits per heavy atom. The average molecular weight is 584 g/mol. The molecule has 0 saturated heterocycles. The molecule has 0 atom stereocenters. The third-order valence-electron chi connectivity index (χ3n) is 7.88. The van der Waals surface area contributed by atoms with Gasteiger partial charge >= 0.3 is 6.09 Å². The topological polar surface area (TPSA) is 97.8 Å². The van der Waals surface area contributed by atoms with Crippen LogP contribution in [-0.2, 0) is 13.1 Å². The van der Waals surface area contributed by atoms with Crippen LogP contribution in [0.4, 0.5) is 4.79 Å². The lowest BCUT2D eigenvalue weighted by atomic mass is 9.96. The van der Waals surface area contributed by atoms with E-state index in [-0.39, 0.29) is 35.5 Å². The maximum absolute atomic E-state index is 13.9. The van der Waals surface area contributed by atoms with Gasteiger partial charge in [0.25, 0.3) is 5.56 Å². The fourth-order valence-electron chi connectivity index (χ4n) is 5.88. The van der Waals surface area contributed by atoms with Gasteiger partial charge in [-0.2, -0.15) is 0 Å². The van der Waals surface area contributed by atoms with Crippen LogP contribution in [0.1, 0.15) is 61.9 Å². The van der Waals surface area contributed by atoms with Gasteiger partial charge in [-0.3, -0.25) is 4.79 Å². The summed E-state index contributed by atoms with van der Waals surface area (Å²) in [6.07, 6.45) is 0.688. The number of ether oxygens (including phenoxy) is 1. The number of hydrogen-bond acceptors (Lipinski definition) is 4. The van der Waals surface area contributed by atoms with Gasteiger partial charge in [-0.05, 0) is 46.7 Å². The fourth-order valence-corrected chi connectivity index (χ4v) is 6.01. The van der Waals surface area contributed by atoms with Crippen molar-refractivity contribution in [2.45, 2.75) is 52.6 Å². The second-order valence-electron chi connectivity index (χ2n) is 11.3. The smallest absolute Gasteiger partial charge is 0.407 e. The monoisotopic (exact) mass is 583 g/mol. The number of benzene rings is 3. The molecule has 4 aromatic rings. The van der Waals surface area contributed by atoms with Crippen LogP contribution in [-0.4, -0.2) is 38.8 Å². The highest BCUT2D eigenvalue weighted by atomic mass is 32.1. The summed E-state index contributed by atoms with van der Waals surface area (Å²) in [6.45, 7) is 7.24. The van der Waals surface area contributed by atoms with E-state index in [1.807, 2.05) is 38.1 Å². The number of unbranched alkanes of at least 4 members (excludes halogenated alkanes) is 1. The molecule has 0 spiro atoms. The van der Waals surface area contributed by atoms with E-state index >= 15 is 0 Å². The maximum Gasteiger partial charge on any atom is 0.407 e. The minimum Gasteiger partial charge on any atom is -0.491 e. The molecule has 218 valence electrons. The summed E-state index contributed by atoms with van der Waals surface area (Å²) in [5, 5.41) is 11.6. The zero-order chi connectivity index (χ0) is 30.0. The summed E-state index contributed by atoms with van der Waals surface area (Å²) in [6, 6.07) is 21.6. The second kappa shape index (κ2) is 12.4. The van der Waals surface area contributed by atoms with Crippen LogP contribution >= 0.6 is 12.2 Å². The molecule has 0 bridgehead atoms. The molecule has 8 heteroatoms. The Balaban J connectivity index is 1.66. The number of nitrogens with two attached hydrogens (primary N) is 1. The standard InChI is InChI=1S/C34H37N3O4S/c1-4-5-16-41-31-28-17-22(32(35)42)14-15-27(28)33(38)37(18-21(2)3)30(31)20-36(34(39)40)19-29-25-12-8-6-10-23(25)24-11-7-9-13-26(24)29/h6-15,17,21,29H,4-5,16,18-20H2,1-3H3,(H2,35,42)(H,39,40). The molecule has 1 aromatic heterocycles. The van der Waals surface area contributed by atoms with Gasteiger partial charge in [0, 0.05) is 30.0 Å². The van der Waals surface area contributed by atoms with E-state index in [0.29, 0.717) is 40.9 Å². The highest BCUT2D eigenvalue weighted by Crippen LogP contribution is 2.45. The molecule has 5 rings (SSSR count). The first-order valence-electron chi connectivity index (χ1n) is 14.5. The van der Waals surface area contributed by atoms with Gasteiger partial charge in [0.05, 0.1) is 24.2 Å². The van der Waals surface area contributed by atoms with Crippen molar-refractivity contribution in [3.05, 3.63) is 99.5 Å². The third-order valence-corrected chi connectivity index (χ3v) is 8.12. The van der Waals surface area contributed by atoms with E-state index in [4.69, 9.17) is 22.7 Å². The number of rotatable bonds is 11. The molecule has 7 nitrogen and oxygen atoms in total. The fraction of sp³-hybridized carbons (Fsp3) is 0.324. The quantitative estimate of drug-likeness (QED) is 0.150. The van der Waals surface area contributed by atoms with Gasteiger partial charge in [-0.25, -0.2) is 4.79 Å². The van der Waals surface area contributed by atoms with Gasteiger partial charge in [-0.1, -0.05) is 94.0 Å². The van der Waals surface area contributed by atoms with Crippen LogP contribution in [0, 0.1) is 5.92 Å². The van der Waals surface area contributed by atoms with E-state index in [2.05, 4.69) is 31.2 Å². The van der Waals surface area contributed by atoms with E-state index < -0.39 is 6.09 Å². The number of thiocarbonyl (C=S) groups is 1. The number of pyridine rings is 1. The van der Waals surface area contributed by atoms with Gasteiger partial charge in [0.15, 0.2) is 0 Å². The number of carbonyl (C=O) groups is 1. The van der Waals surface area contributed by atoms with Crippen molar-refractivity contribution in [2.24, 2.45) is 11.7 Å². The number of aromatic nitrogens is 1. The predicted octanol–water partition coefficient (Wildman–Crippen LogP) is 6.76. The van der Waals surface area contributed by atoms with E-state index in [9.17, 15) is 14.7 Å². The summed E-state index contributed by atoms with van der Waals surface area (Å²) < 4.78 is 8.10. The first-order valence-corrected chi connectivity index (χ1v) is 14.9. The zero-order valence-corrected chi connectivity index (χ0v) is 25.1. The Hall–Kier alpha value is -4.17. The predicted molar refractivity (Wildman–Crippen MR) is 171 cm³/mol. The van der Waals surface area contributed by atoms with Gasteiger partial charge in [0.1, 0.15) is 10.7 Å². The highest BCUT2D eigenvalue weighted by Gasteiger charge is 2.32. The summed E-state index contributed by atoms with van der Waals surface area (Å²) in [5.74, 6) is 0.519. The van der Waals surface area contributed by atoms with Gasteiger partial charge < -0.3 is 25.0 Å². The number of nitrogens with zero attached hydrogens (tertiary/aromatic N) is 2. The van der Waals surface area contributed by atoms with Crippen LogP contribution in [0.15, 0.2) is 71.5 Å². The minimum atomic E-state index is -1.06. The Kier molecular flexibility index (Phi) is 8.64. The molecule has 42 heavy (non-hydrogen) atoms. The molecule has 1 aliphatic carbocycles. The first kappa shape index (κ1) is 29.3. The highest BCUT2D eigenvalue weighted by molar-refractivity contribution is 7.80. The second-order valence-corrected chi connectivity index (χ2v) is 11.7. The van der Waals surface area contributed by atoms with Crippen LogP contribution in [0.3, 0.4) is 0 Å². The van der Waals surface area contributed by atoms with Crippen LogP contribution in [0.25, 0.3) is 21.9 Å². The molecule has 0 unspecified atom stereocenters. The Morgan fingerprint density at radius 2 is 1.69 bits per heavy atom. The molecular formula is C34H37N3O4S. The number of carboxylic acid groups (broad SMARTS) is 1. The third kappa shape index (κ3) is 5.63. The normalized spacial score (nSPS) is 12.4. The lowest BCUT2D eigenvalue weighted by Gasteiger charge is -2.28. The minimum absolute atomic E-state index is 0.00712. The Labute approximate surface area is 251 Å². The van der Waals surface area contributed by atoms with E-state index in [1.165, 1.54) is 4.90 Å². The van der Waals surface area contributed by atoms with Crippen molar-refractivity contribution < 1.29 is 14.6 Å². The molecule has 0 fully saturated rings. The largest absolute Gasteiger partial charge is 0.491 e. The molecule has 0 radical (unpaired) electrons. The summed E-state index contributed by atoms with van der Waals surface area (Å²) >= 11 is 5.24. The number of fused-ring (bicyclic) bond motifs is 4. The Bertz CT molecular complexity index is 1670. The molecule has 3 N–H and O–H groups in total. The van der Waals surface area contributed by atoms with Crippen molar-refractivity contribution >= 4 is 34.1 Å². The van der Waals surface area contributed by atoms with Gasteiger partial charge in [-0.15, -0.1) is 0 Å². The summed E-state index contributed by atoms with van der Waals surface area (Å²) in [4.78, 5) is 28.5. The lowest BCUT2D eigenvalue weighted by Crippen LogP contribution is -2.36. The first-order chi connectivity index (χ1) is 20.2. The Morgan fingerprint density at radius 3 is 2.26 bits per heavy atom. The molecular weight excluding hydrogens is 546 g/mol. The van der Waals surface area contributed by atoms with Crippen LogP contribution in [0.5, 0.6) is 5.75 Å². The van der Waals surface area contributed by atoms with Crippen molar-refractivity contribution in [2.75, 3.05) is 13.2 Å². The average Bonchev–Trinajstić information content (AvgIpc) is 3.29. The molecule has 1 amide bonds. The summed E-state index contributed by atoms with van der Waals surface area (Å²) in [5.41, 5.74) is 11.4. The lowest BCUT2D eigenvalue weighted by molar-refractivity contribution is 0.138. The molecule has 0 saturated carbocycles. The van der Waals surface area contributed by atoms with E-state index in [0.717, 1.165) is 35.1 Å². The number of hydrogen-bond donors (Lipinski definition) is 2. The van der Waals surface area contributed by atoms with Crippen molar-refractivity contribution in [3.63, 3.8) is 0 Å². The zero-order valence-electron chi connectivity index (χ0n) is 24.3.